The fourth-order valence-electron chi connectivity index (χ4n) is 1.91. The van der Waals surface area contributed by atoms with Gasteiger partial charge in [0.05, 0.1) is 5.25 Å². The first-order valence-electron chi connectivity index (χ1n) is 6.17. The Morgan fingerprint density at radius 1 is 1.38 bits per heavy atom. The van der Waals surface area contributed by atoms with Crippen molar-refractivity contribution >= 4 is 10.0 Å². The number of piperidine rings is 1. The first-order valence-corrected chi connectivity index (χ1v) is 7.71. The van der Waals surface area contributed by atoms with Gasteiger partial charge in [-0.3, -0.25) is 0 Å². The molecule has 0 bridgehead atoms. The summed E-state index contributed by atoms with van der Waals surface area (Å²) in [6.07, 6.45) is 3.36. The third-order valence-corrected chi connectivity index (χ3v) is 5.70. The van der Waals surface area contributed by atoms with Crippen molar-refractivity contribution < 1.29 is 8.42 Å². The van der Waals surface area contributed by atoms with Crippen LogP contribution in [0.25, 0.3) is 0 Å². The van der Waals surface area contributed by atoms with Gasteiger partial charge in [-0.05, 0) is 39.2 Å². The molecule has 0 saturated carbocycles. The zero-order valence-corrected chi connectivity index (χ0v) is 11.4. The lowest BCUT2D eigenvalue weighted by Crippen LogP contribution is -2.52. The van der Waals surface area contributed by atoms with Gasteiger partial charge in [0.1, 0.15) is 0 Å². The van der Waals surface area contributed by atoms with Crippen LogP contribution < -0.4 is 10.0 Å². The lowest BCUT2D eigenvalue weighted by molar-refractivity contribution is 0.381. The Balaban J connectivity index is 2.70. The van der Waals surface area contributed by atoms with Crippen LogP contribution in [0.15, 0.2) is 0 Å². The van der Waals surface area contributed by atoms with Crippen LogP contribution in [-0.4, -0.2) is 32.3 Å². The fraction of sp³-hybridized carbons (Fsp3) is 1.00. The van der Waals surface area contributed by atoms with Gasteiger partial charge in [0.25, 0.3) is 0 Å². The van der Waals surface area contributed by atoms with Crippen molar-refractivity contribution in [2.75, 3.05) is 13.1 Å². The van der Waals surface area contributed by atoms with Crippen molar-refractivity contribution in [3.05, 3.63) is 0 Å². The van der Waals surface area contributed by atoms with Gasteiger partial charge in [0.15, 0.2) is 0 Å². The van der Waals surface area contributed by atoms with Crippen LogP contribution in [0.2, 0.25) is 0 Å². The highest BCUT2D eigenvalue weighted by Crippen LogP contribution is 2.19. The molecule has 0 aliphatic carbocycles. The highest BCUT2D eigenvalue weighted by molar-refractivity contribution is 7.90. The normalized spacial score (nSPS) is 23.3. The summed E-state index contributed by atoms with van der Waals surface area (Å²) >= 11 is 0. The Morgan fingerprint density at radius 2 is 2.00 bits per heavy atom. The molecule has 5 heteroatoms. The molecule has 1 saturated heterocycles. The minimum absolute atomic E-state index is 0.265. The smallest absolute Gasteiger partial charge is 0.216 e. The van der Waals surface area contributed by atoms with E-state index in [0.29, 0.717) is 6.54 Å². The largest absolute Gasteiger partial charge is 0.315 e. The predicted molar refractivity (Wildman–Crippen MR) is 66.9 cm³/mol. The van der Waals surface area contributed by atoms with E-state index >= 15 is 0 Å². The number of hydrogen-bond donors (Lipinski definition) is 2. The minimum Gasteiger partial charge on any atom is -0.315 e. The van der Waals surface area contributed by atoms with Crippen LogP contribution in [0.1, 0.15) is 46.5 Å². The summed E-state index contributed by atoms with van der Waals surface area (Å²) in [5.74, 6) is 0. The van der Waals surface area contributed by atoms with Crippen LogP contribution >= 0.6 is 0 Å². The Hall–Kier alpha value is -0.130. The maximum Gasteiger partial charge on any atom is 0.216 e. The van der Waals surface area contributed by atoms with Gasteiger partial charge in [-0.1, -0.05) is 13.8 Å². The molecule has 1 rings (SSSR count). The van der Waals surface area contributed by atoms with Crippen molar-refractivity contribution in [3.8, 4) is 0 Å². The summed E-state index contributed by atoms with van der Waals surface area (Å²) in [6, 6.07) is 0. The molecule has 1 heterocycles. The fourth-order valence-corrected chi connectivity index (χ4v) is 3.86. The topological polar surface area (TPSA) is 58.2 Å². The molecule has 1 unspecified atom stereocenters. The Kier molecular flexibility index (Phi) is 4.76. The van der Waals surface area contributed by atoms with E-state index in [-0.39, 0.29) is 10.8 Å². The van der Waals surface area contributed by atoms with Crippen LogP contribution in [-0.2, 0) is 10.0 Å². The number of rotatable bonds is 5. The SMILES string of the molecule is CCC(C)(CC)NS(=O)(=O)C1CCCNC1. The number of nitrogens with one attached hydrogen (secondary N) is 2. The summed E-state index contributed by atoms with van der Waals surface area (Å²) in [5.41, 5.74) is -0.295. The van der Waals surface area contributed by atoms with Crippen LogP contribution in [0, 0.1) is 0 Å². The van der Waals surface area contributed by atoms with E-state index in [0.717, 1.165) is 32.2 Å². The second kappa shape index (κ2) is 5.47. The first kappa shape index (κ1) is 13.9. The lowest BCUT2D eigenvalue weighted by atomic mass is 9.98. The highest BCUT2D eigenvalue weighted by atomic mass is 32.2. The second-order valence-electron chi connectivity index (χ2n) is 4.88. The second-order valence-corrected chi connectivity index (χ2v) is 6.84. The van der Waals surface area contributed by atoms with Gasteiger partial charge in [-0.15, -0.1) is 0 Å². The van der Waals surface area contributed by atoms with E-state index in [4.69, 9.17) is 0 Å². The van der Waals surface area contributed by atoms with Crippen molar-refractivity contribution in [3.63, 3.8) is 0 Å². The average molecular weight is 248 g/mol. The van der Waals surface area contributed by atoms with E-state index in [2.05, 4.69) is 10.0 Å². The molecular weight excluding hydrogens is 224 g/mol. The van der Waals surface area contributed by atoms with Crippen molar-refractivity contribution in [2.24, 2.45) is 0 Å². The molecule has 1 fully saturated rings. The number of hydrogen-bond acceptors (Lipinski definition) is 3. The van der Waals surface area contributed by atoms with E-state index in [1.54, 1.807) is 0 Å². The molecule has 2 N–H and O–H groups in total. The molecule has 0 aromatic carbocycles. The minimum atomic E-state index is -3.18. The number of sulfonamides is 1. The maximum absolute atomic E-state index is 12.2. The Morgan fingerprint density at radius 3 is 2.44 bits per heavy atom. The quantitative estimate of drug-likeness (QED) is 0.769. The standard InChI is InChI=1S/C11H24N2O2S/c1-4-11(3,5-2)13-16(14,15)10-7-6-8-12-9-10/h10,12-13H,4-9H2,1-3H3. The van der Waals surface area contributed by atoms with Crippen LogP contribution in [0.5, 0.6) is 0 Å². The van der Waals surface area contributed by atoms with Gasteiger partial charge in [-0.25, -0.2) is 13.1 Å². The zero-order chi connectivity index (χ0) is 12.2. The Bertz CT molecular complexity index is 304. The maximum atomic E-state index is 12.2. The van der Waals surface area contributed by atoms with Gasteiger partial charge in [0, 0.05) is 12.1 Å². The summed E-state index contributed by atoms with van der Waals surface area (Å²) < 4.78 is 27.2. The monoisotopic (exact) mass is 248 g/mol. The van der Waals surface area contributed by atoms with Crippen molar-refractivity contribution in [1.82, 2.24) is 10.0 Å². The average Bonchev–Trinajstić information content (AvgIpc) is 2.29. The summed E-state index contributed by atoms with van der Waals surface area (Å²) in [5, 5.41) is 2.88. The van der Waals surface area contributed by atoms with Gasteiger partial charge < -0.3 is 5.32 Å². The molecule has 1 atom stereocenters. The molecule has 0 aromatic heterocycles. The summed E-state index contributed by atoms with van der Waals surface area (Å²) in [4.78, 5) is 0. The summed E-state index contributed by atoms with van der Waals surface area (Å²) in [6.45, 7) is 7.53. The molecule has 0 radical (unpaired) electrons. The van der Waals surface area contributed by atoms with Crippen molar-refractivity contribution in [1.29, 1.82) is 0 Å². The molecule has 96 valence electrons. The molecule has 1 aliphatic rings. The van der Waals surface area contributed by atoms with Crippen LogP contribution in [0.4, 0.5) is 0 Å². The molecule has 16 heavy (non-hydrogen) atoms. The lowest BCUT2D eigenvalue weighted by Gasteiger charge is -2.31. The molecule has 0 amide bonds. The van der Waals surface area contributed by atoms with Gasteiger partial charge in [-0.2, -0.15) is 0 Å². The van der Waals surface area contributed by atoms with Gasteiger partial charge in [0.2, 0.25) is 10.0 Å². The molecule has 0 aromatic rings. The zero-order valence-electron chi connectivity index (χ0n) is 10.5. The van der Waals surface area contributed by atoms with Crippen LogP contribution in [0.3, 0.4) is 0 Å². The first-order chi connectivity index (χ1) is 7.43. The van der Waals surface area contributed by atoms with Gasteiger partial charge >= 0.3 is 0 Å². The molecule has 4 nitrogen and oxygen atoms in total. The van der Waals surface area contributed by atoms with E-state index in [1.165, 1.54) is 0 Å². The third kappa shape index (κ3) is 3.43. The van der Waals surface area contributed by atoms with E-state index < -0.39 is 10.0 Å². The molecule has 0 spiro atoms. The molecular formula is C11H24N2O2S. The Labute approximate surface area is 99.2 Å². The van der Waals surface area contributed by atoms with Crippen molar-refractivity contribution in [2.45, 2.75) is 57.2 Å². The summed E-state index contributed by atoms with van der Waals surface area (Å²) in [7, 11) is -3.18. The predicted octanol–water partition coefficient (Wildman–Crippen LogP) is 1.24. The molecule has 1 aliphatic heterocycles. The van der Waals surface area contributed by atoms with E-state index in [9.17, 15) is 8.42 Å². The highest BCUT2D eigenvalue weighted by Gasteiger charge is 2.33. The third-order valence-electron chi connectivity index (χ3n) is 3.64. The van der Waals surface area contributed by atoms with E-state index in [1.807, 2.05) is 20.8 Å².